The van der Waals surface area contributed by atoms with E-state index in [0.717, 1.165) is 26.6 Å². The van der Waals surface area contributed by atoms with Gasteiger partial charge in [-0.05, 0) is 28.1 Å². The summed E-state index contributed by atoms with van der Waals surface area (Å²) in [5.41, 5.74) is 1.95. The molecule has 0 amide bonds. The fourth-order valence-corrected chi connectivity index (χ4v) is 3.70. The van der Waals surface area contributed by atoms with Crippen molar-refractivity contribution in [3.63, 3.8) is 0 Å². The summed E-state index contributed by atoms with van der Waals surface area (Å²) in [6.45, 7) is 7.14. The molecule has 0 aliphatic rings. The molecular weight excluding hydrogens is 372 g/mol. The Labute approximate surface area is 142 Å². The van der Waals surface area contributed by atoms with Crippen LogP contribution in [-0.2, 0) is 12.0 Å². The number of benzene rings is 1. The van der Waals surface area contributed by atoms with Crippen molar-refractivity contribution >= 4 is 44.6 Å². The number of aromatic nitrogens is 1. The second-order valence-corrected chi connectivity index (χ2v) is 7.86. The van der Waals surface area contributed by atoms with Gasteiger partial charge in [-0.15, -0.1) is 11.3 Å². The van der Waals surface area contributed by atoms with Crippen LogP contribution in [0.15, 0.2) is 22.0 Å². The van der Waals surface area contributed by atoms with Crippen LogP contribution >= 0.6 is 38.9 Å². The lowest BCUT2D eigenvalue weighted by atomic mass is 9.98. The van der Waals surface area contributed by atoms with Gasteiger partial charge in [0, 0.05) is 15.8 Å². The fraction of sp³-hybridized carbons (Fsp3) is 0.400. The maximum atomic E-state index is 6.09. The second kappa shape index (κ2) is 6.55. The van der Waals surface area contributed by atoms with Gasteiger partial charge in [0.25, 0.3) is 0 Å². The Kier molecular flexibility index (Phi) is 5.17. The van der Waals surface area contributed by atoms with Crippen LogP contribution in [0.4, 0.5) is 5.69 Å². The minimum absolute atomic E-state index is 0.0830. The normalized spacial score (nSPS) is 11.5. The van der Waals surface area contributed by atoms with E-state index in [1.807, 2.05) is 12.1 Å². The molecule has 0 fully saturated rings. The molecule has 0 atom stereocenters. The van der Waals surface area contributed by atoms with Crippen LogP contribution in [0, 0.1) is 0 Å². The van der Waals surface area contributed by atoms with Crippen LogP contribution in [0.2, 0.25) is 5.02 Å². The molecule has 21 heavy (non-hydrogen) atoms. The van der Waals surface area contributed by atoms with Crippen molar-refractivity contribution in [1.29, 1.82) is 0 Å². The maximum Gasteiger partial charge on any atom is 0.156 e. The predicted molar refractivity (Wildman–Crippen MR) is 93.8 cm³/mol. The summed E-state index contributed by atoms with van der Waals surface area (Å²) in [5, 5.41) is 7.20. The average molecular weight is 390 g/mol. The molecule has 1 aromatic carbocycles. The molecule has 1 aromatic heterocycles. The highest BCUT2D eigenvalue weighted by molar-refractivity contribution is 9.10. The first-order valence-electron chi connectivity index (χ1n) is 6.53. The summed E-state index contributed by atoms with van der Waals surface area (Å²) < 4.78 is 6.22. The van der Waals surface area contributed by atoms with Crippen molar-refractivity contribution < 1.29 is 4.74 Å². The number of rotatable bonds is 4. The summed E-state index contributed by atoms with van der Waals surface area (Å²) in [7, 11) is 1.64. The first-order valence-corrected chi connectivity index (χ1v) is 8.58. The molecule has 0 spiro atoms. The van der Waals surface area contributed by atoms with Crippen molar-refractivity contribution in [2.24, 2.45) is 0 Å². The molecule has 0 aliphatic carbocycles. The molecule has 2 rings (SSSR count). The van der Waals surface area contributed by atoms with E-state index >= 15 is 0 Å². The van der Waals surface area contributed by atoms with Gasteiger partial charge in [-0.25, -0.2) is 4.98 Å². The molecule has 0 bridgehead atoms. The van der Waals surface area contributed by atoms with Crippen molar-refractivity contribution in [3.8, 4) is 5.75 Å². The highest BCUT2D eigenvalue weighted by atomic mass is 79.9. The van der Waals surface area contributed by atoms with Crippen LogP contribution in [0.25, 0.3) is 0 Å². The Hall–Kier alpha value is -0.780. The Balaban J connectivity index is 2.15. The Morgan fingerprint density at radius 3 is 2.67 bits per heavy atom. The number of nitrogens with zero attached hydrogens (tertiary/aromatic N) is 1. The molecule has 0 aliphatic heterocycles. The van der Waals surface area contributed by atoms with Crippen LogP contribution in [0.5, 0.6) is 5.75 Å². The van der Waals surface area contributed by atoms with Gasteiger partial charge in [0.05, 0.1) is 34.5 Å². The SMILES string of the molecule is COc1c(Br)cc(Cl)cc1NCc1csc(C(C)(C)C)n1. The summed E-state index contributed by atoms with van der Waals surface area (Å²) >= 11 is 11.2. The number of methoxy groups -OCH3 is 1. The number of thiazole rings is 1. The summed E-state index contributed by atoms with van der Waals surface area (Å²) in [4.78, 5) is 4.67. The first-order chi connectivity index (χ1) is 9.81. The number of anilines is 1. The van der Waals surface area contributed by atoms with Gasteiger partial charge >= 0.3 is 0 Å². The maximum absolute atomic E-state index is 6.09. The van der Waals surface area contributed by atoms with E-state index in [2.05, 4.69) is 52.4 Å². The van der Waals surface area contributed by atoms with Crippen molar-refractivity contribution in [2.45, 2.75) is 32.7 Å². The van der Waals surface area contributed by atoms with Crippen molar-refractivity contribution in [2.75, 3.05) is 12.4 Å². The smallest absolute Gasteiger partial charge is 0.156 e. The molecule has 0 unspecified atom stereocenters. The summed E-state index contributed by atoms with van der Waals surface area (Å²) in [6.07, 6.45) is 0. The van der Waals surface area contributed by atoms with Gasteiger partial charge in [-0.3, -0.25) is 0 Å². The Morgan fingerprint density at radius 2 is 2.10 bits per heavy atom. The number of ether oxygens (including phenoxy) is 1. The molecule has 1 heterocycles. The van der Waals surface area contributed by atoms with Crippen molar-refractivity contribution in [3.05, 3.63) is 37.7 Å². The molecular formula is C15H18BrClN2OS. The minimum atomic E-state index is 0.0830. The highest BCUT2D eigenvalue weighted by Gasteiger charge is 2.18. The van der Waals surface area contributed by atoms with E-state index in [4.69, 9.17) is 16.3 Å². The van der Waals surface area contributed by atoms with Crippen LogP contribution in [0.1, 0.15) is 31.5 Å². The zero-order valence-electron chi connectivity index (χ0n) is 12.5. The molecule has 0 saturated heterocycles. The zero-order valence-corrected chi connectivity index (χ0v) is 15.6. The summed E-state index contributed by atoms with van der Waals surface area (Å²) in [5.74, 6) is 0.741. The second-order valence-electron chi connectivity index (χ2n) is 5.72. The van der Waals surface area contributed by atoms with E-state index in [0.29, 0.717) is 11.6 Å². The molecule has 114 valence electrons. The number of hydrogen-bond donors (Lipinski definition) is 1. The molecule has 0 radical (unpaired) electrons. The van der Waals surface area contributed by atoms with Gasteiger partial charge in [0.15, 0.2) is 5.75 Å². The van der Waals surface area contributed by atoms with Gasteiger partial charge in [0.2, 0.25) is 0 Å². The fourth-order valence-electron chi connectivity index (χ4n) is 1.82. The van der Waals surface area contributed by atoms with Gasteiger partial charge < -0.3 is 10.1 Å². The standard InChI is InChI=1S/C15H18BrClN2OS/c1-15(2,3)14-19-10(8-21-14)7-18-12-6-9(17)5-11(16)13(12)20-4/h5-6,8,18H,7H2,1-4H3. The third kappa shape index (κ3) is 4.11. The predicted octanol–water partition coefficient (Wildman–Crippen LogP) is 5.48. The Bertz CT molecular complexity index is 637. The van der Waals surface area contributed by atoms with E-state index in [1.54, 1.807) is 18.4 Å². The quantitative estimate of drug-likeness (QED) is 0.752. The number of nitrogens with one attached hydrogen (secondary N) is 1. The monoisotopic (exact) mass is 388 g/mol. The van der Waals surface area contributed by atoms with E-state index < -0.39 is 0 Å². The van der Waals surface area contributed by atoms with Gasteiger partial charge in [0.1, 0.15) is 0 Å². The number of hydrogen-bond acceptors (Lipinski definition) is 4. The van der Waals surface area contributed by atoms with Crippen LogP contribution in [0.3, 0.4) is 0 Å². The third-order valence-corrected chi connectivity index (χ3v) is 4.99. The molecule has 0 saturated carbocycles. The van der Waals surface area contributed by atoms with Crippen LogP contribution < -0.4 is 10.1 Å². The first kappa shape index (κ1) is 16.6. The zero-order chi connectivity index (χ0) is 15.6. The lowest BCUT2D eigenvalue weighted by Gasteiger charge is -2.14. The largest absolute Gasteiger partial charge is 0.493 e. The van der Waals surface area contributed by atoms with Gasteiger partial charge in [-0.2, -0.15) is 0 Å². The van der Waals surface area contributed by atoms with E-state index in [1.165, 1.54) is 0 Å². The minimum Gasteiger partial charge on any atom is -0.493 e. The molecule has 2 aromatic rings. The van der Waals surface area contributed by atoms with Crippen molar-refractivity contribution in [1.82, 2.24) is 4.98 Å². The van der Waals surface area contributed by atoms with Gasteiger partial charge in [-0.1, -0.05) is 32.4 Å². The number of halogens is 2. The lowest BCUT2D eigenvalue weighted by Crippen LogP contribution is -2.11. The average Bonchev–Trinajstić information content (AvgIpc) is 2.84. The molecule has 3 nitrogen and oxygen atoms in total. The summed E-state index contributed by atoms with van der Waals surface area (Å²) in [6, 6.07) is 3.66. The van der Waals surface area contributed by atoms with Crippen LogP contribution in [-0.4, -0.2) is 12.1 Å². The highest BCUT2D eigenvalue weighted by Crippen LogP contribution is 2.36. The van der Waals surface area contributed by atoms with E-state index in [-0.39, 0.29) is 5.41 Å². The molecule has 6 heteroatoms. The molecule has 1 N–H and O–H groups in total. The topological polar surface area (TPSA) is 34.1 Å². The lowest BCUT2D eigenvalue weighted by molar-refractivity contribution is 0.414. The third-order valence-electron chi connectivity index (χ3n) is 2.87. The van der Waals surface area contributed by atoms with E-state index in [9.17, 15) is 0 Å². The Morgan fingerprint density at radius 1 is 1.38 bits per heavy atom.